The van der Waals surface area contributed by atoms with E-state index >= 15 is 0 Å². The zero-order chi connectivity index (χ0) is 18.7. The van der Waals surface area contributed by atoms with Crippen molar-refractivity contribution >= 4 is 57.0 Å². The van der Waals surface area contributed by atoms with Crippen LogP contribution >= 0.6 is 46.1 Å². The van der Waals surface area contributed by atoms with E-state index in [1.807, 2.05) is 36.6 Å². The van der Waals surface area contributed by atoms with E-state index in [0.29, 0.717) is 31.5 Å². The second-order valence-corrected chi connectivity index (χ2v) is 7.32. The monoisotopic (exact) mass is 425 g/mol. The van der Waals surface area contributed by atoms with Crippen LogP contribution < -0.4 is 10.2 Å². The average Bonchev–Trinajstić information content (AvgIpc) is 3.13. The Hall–Kier alpha value is -1.79. The summed E-state index contributed by atoms with van der Waals surface area (Å²) in [7, 11) is 1.64. The van der Waals surface area contributed by atoms with Crippen LogP contribution in [0.5, 0.6) is 5.75 Å². The lowest BCUT2D eigenvalue weighted by Crippen LogP contribution is -2.01. The first kappa shape index (κ1) is 19.0. The molecule has 1 N–H and O–H groups in total. The molecule has 0 saturated heterocycles. The third kappa shape index (κ3) is 4.13. The van der Waals surface area contributed by atoms with Crippen molar-refractivity contribution in [3.63, 3.8) is 0 Å². The van der Waals surface area contributed by atoms with Gasteiger partial charge >= 0.3 is 0 Å². The van der Waals surface area contributed by atoms with Gasteiger partial charge in [0.25, 0.3) is 0 Å². The van der Waals surface area contributed by atoms with Gasteiger partial charge in [-0.25, -0.2) is 4.98 Å². The molecule has 1 heterocycles. The van der Waals surface area contributed by atoms with Crippen molar-refractivity contribution in [2.75, 3.05) is 12.5 Å². The van der Waals surface area contributed by atoms with E-state index in [1.54, 1.807) is 19.2 Å². The molecule has 4 nitrogen and oxygen atoms in total. The molecule has 8 heteroatoms. The normalized spacial score (nSPS) is 11.5. The van der Waals surface area contributed by atoms with E-state index in [0.717, 1.165) is 17.0 Å². The molecule has 0 aliphatic heterocycles. The standard InChI is InChI=1S/C18H14Cl3N3OS/c1-10(13-7-8-14(19)17(21)16(13)20)23-24-18-22-15(9-26-18)11-3-5-12(25-2)6-4-11/h3-9H,1-2H3,(H,22,24)/b23-10+. The van der Waals surface area contributed by atoms with Gasteiger partial charge in [-0.1, -0.05) is 40.9 Å². The maximum Gasteiger partial charge on any atom is 0.203 e. The summed E-state index contributed by atoms with van der Waals surface area (Å²) in [5.41, 5.74) is 6.20. The SMILES string of the molecule is COc1ccc(-c2csc(N/N=C(\C)c3ccc(Cl)c(Cl)c3Cl)n2)cc1. The summed E-state index contributed by atoms with van der Waals surface area (Å²) in [6, 6.07) is 11.2. The second-order valence-electron chi connectivity index (χ2n) is 5.30. The molecule has 134 valence electrons. The van der Waals surface area contributed by atoms with Crippen LogP contribution in [-0.4, -0.2) is 17.8 Å². The Bertz CT molecular complexity index is 955. The Morgan fingerprint density at radius 1 is 1.08 bits per heavy atom. The molecule has 26 heavy (non-hydrogen) atoms. The molecule has 3 rings (SSSR count). The van der Waals surface area contributed by atoms with Crippen LogP contribution in [0.2, 0.25) is 15.1 Å². The van der Waals surface area contributed by atoms with E-state index in [9.17, 15) is 0 Å². The first-order valence-electron chi connectivity index (χ1n) is 7.53. The summed E-state index contributed by atoms with van der Waals surface area (Å²) in [6.45, 7) is 1.83. The zero-order valence-corrected chi connectivity index (χ0v) is 17.0. The molecule has 0 saturated carbocycles. The van der Waals surface area contributed by atoms with E-state index in [-0.39, 0.29) is 0 Å². The minimum absolute atomic E-state index is 0.316. The Labute approximate surface area is 170 Å². The maximum atomic E-state index is 6.24. The van der Waals surface area contributed by atoms with Gasteiger partial charge in [-0.15, -0.1) is 11.3 Å². The number of halogens is 3. The van der Waals surface area contributed by atoms with Crippen LogP contribution in [0, 0.1) is 0 Å². The van der Waals surface area contributed by atoms with Gasteiger partial charge in [0, 0.05) is 16.5 Å². The van der Waals surface area contributed by atoms with Crippen LogP contribution in [0.25, 0.3) is 11.3 Å². The third-order valence-corrected chi connectivity index (χ3v) is 5.67. The molecule has 0 radical (unpaired) electrons. The van der Waals surface area contributed by atoms with Crippen LogP contribution in [0.15, 0.2) is 46.9 Å². The van der Waals surface area contributed by atoms with Crippen LogP contribution in [0.1, 0.15) is 12.5 Å². The Kier molecular flexibility index (Phi) is 6.04. The number of anilines is 1. The molecule has 1 aromatic heterocycles. The number of benzene rings is 2. The highest BCUT2D eigenvalue weighted by Crippen LogP contribution is 2.33. The average molecular weight is 427 g/mol. The lowest BCUT2D eigenvalue weighted by atomic mass is 10.1. The quantitative estimate of drug-likeness (QED) is 0.283. The molecule has 0 amide bonds. The van der Waals surface area contributed by atoms with Gasteiger partial charge in [-0.3, -0.25) is 5.43 Å². The van der Waals surface area contributed by atoms with Crippen molar-refractivity contribution in [2.24, 2.45) is 5.10 Å². The van der Waals surface area contributed by atoms with Crippen LogP contribution in [0.3, 0.4) is 0 Å². The molecular weight excluding hydrogens is 413 g/mol. The molecule has 0 spiro atoms. The van der Waals surface area contributed by atoms with Gasteiger partial charge in [0.05, 0.1) is 33.6 Å². The lowest BCUT2D eigenvalue weighted by molar-refractivity contribution is 0.415. The van der Waals surface area contributed by atoms with Gasteiger partial charge < -0.3 is 4.74 Å². The van der Waals surface area contributed by atoms with E-state index in [1.165, 1.54) is 11.3 Å². The maximum absolute atomic E-state index is 6.24. The number of hydrogen-bond acceptors (Lipinski definition) is 5. The summed E-state index contributed by atoms with van der Waals surface area (Å²) in [5.74, 6) is 0.807. The van der Waals surface area contributed by atoms with Crippen molar-refractivity contribution in [1.82, 2.24) is 4.98 Å². The number of rotatable bonds is 5. The summed E-state index contributed by atoms with van der Waals surface area (Å²) >= 11 is 19.7. The predicted octanol–water partition coefficient (Wildman–Crippen LogP) is 6.62. The highest BCUT2D eigenvalue weighted by Gasteiger charge is 2.11. The van der Waals surface area contributed by atoms with Crippen molar-refractivity contribution in [3.8, 4) is 17.0 Å². The molecule has 0 unspecified atom stereocenters. The Balaban J connectivity index is 1.76. The fraction of sp³-hybridized carbons (Fsp3) is 0.111. The molecule has 3 aromatic rings. The second kappa shape index (κ2) is 8.27. The smallest absolute Gasteiger partial charge is 0.203 e. The highest BCUT2D eigenvalue weighted by molar-refractivity contribution is 7.14. The number of aromatic nitrogens is 1. The number of ether oxygens (including phenoxy) is 1. The molecule has 0 fully saturated rings. The van der Waals surface area contributed by atoms with Gasteiger partial charge in [0.2, 0.25) is 5.13 Å². The zero-order valence-electron chi connectivity index (χ0n) is 13.9. The van der Waals surface area contributed by atoms with E-state index in [4.69, 9.17) is 39.5 Å². The number of hydrogen-bond donors (Lipinski definition) is 1. The van der Waals surface area contributed by atoms with Gasteiger partial charge in [-0.2, -0.15) is 5.10 Å². The first-order valence-corrected chi connectivity index (χ1v) is 9.55. The van der Waals surface area contributed by atoms with Gasteiger partial charge in [-0.05, 0) is 37.3 Å². The van der Waals surface area contributed by atoms with Crippen molar-refractivity contribution in [2.45, 2.75) is 6.92 Å². The van der Waals surface area contributed by atoms with Crippen LogP contribution in [-0.2, 0) is 0 Å². The number of thiazole rings is 1. The molecule has 0 bridgehead atoms. The minimum atomic E-state index is 0.316. The van der Waals surface area contributed by atoms with Crippen LogP contribution in [0.4, 0.5) is 5.13 Å². The largest absolute Gasteiger partial charge is 0.497 e. The first-order chi connectivity index (χ1) is 12.5. The van der Waals surface area contributed by atoms with Crippen molar-refractivity contribution in [1.29, 1.82) is 0 Å². The molecule has 0 aliphatic carbocycles. The summed E-state index contributed by atoms with van der Waals surface area (Å²) < 4.78 is 5.17. The molecule has 0 atom stereocenters. The summed E-state index contributed by atoms with van der Waals surface area (Å²) in [6.07, 6.45) is 0. The number of nitrogens with zero attached hydrogens (tertiary/aromatic N) is 2. The fourth-order valence-electron chi connectivity index (χ4n) is 2.22. The fourth-order valence-corrected chi connectivity index (χ4v) is 3.55. The topological polar surface area (TPSA) is 46.5 Å². The summed E-state index contributed by atoms with van der Waals surface area (Å²) in [5, 5.41) is 8.07. The predicted molar refractivity (Wildman–Crippen MR) is 111 cm³/mol. The van der Waals surface area contributed by atoms with Crippen molar-refractivity contribution < 1.29 is 4.74 Å². The molecular formula is C18H14Cl3N3OS. The number of hydrazone groups is 1. The van der Waals surface area contributed by atoms with Crippen molar-refractivity contribution in [3.05, 3.63) is 62.4 Å². The van der Waals surface area contributed by atoms with E-state index in [2.05, 4.69) is 15.5 Å². The lowest BCUT2D eigenvalue weighted by Gasteiger charge is -2.07. The minimum Gasteiger partial charge on any atom is -0.497 e. The molecule has 2 aromatic carbocycles. The highest BCUT2D eigenvalue weighted by atomic mass is 35.5. The third-order valence-electron chi connectivity index (χ3n) is 3.63. The van der Waals surface area contributed by atoms with Gasteiger partial charge in [0.15, 0.2) is 0 Å². The Morgan fingerprint density at radius 3 is 2.50 bits per heavy atom. The molecule has 0 aliphatic rings. The summed E-state index contributed by atoms with van der Waals surface area (Å²) in [4.78, 5) is 4.54. The number of nitrogens with one attached hydrogen (secondary N) is 1. The number of methoxy groups -OCH3 is 1. The van der Waals surface area contributed by atoms with Gasteiger partial charge in [0.1, 0.15) is 5.75 Å². The Morgan fingerprint density at radius 2 is 1.81 bits per heavy atom. The van der Waals surface area contributed by atoms with E-state index < -0.39 is 0 Å².